The molecule has 0 saturated carbocycles. The lowest BCUT2D eigenvalue weighted by Crippen LogP contribution is -2.51. The third-order valence-electron chi connectivity index (χ3n) is 6.63. The molecule has 1 aliphatic heterocycles. The number of carbonyl (C=O) groups is 5. The standard InChI is InChI=1S/C31H17Cl5N2O6/c1-15-6-8-17(9-7-15)31(43)44-18-12-10-16(11-13-18)21(39)14-37(28(40)19-4-2-3-5-20(19)32)38-29(41)22-23(30(38)42)25(34)27(36)26(35)24(22)33/h2-13H,14H2,1H3. The number of ketones is 1. The topological polar surface area (TPSA) is 101 Å². The summed E-state index contributed by atoms with van der Waals surface area (Å²) in [6.07, 6.45) is 0. The highest BCUT2D eigenvalue weighted by molar-refractivity contribution is 6.55. The maximum Gasteiger partial charge on any atom is 0.343 e. The molecule has 0 aromatic heterocycles. The van der Waals surface area contributed by atoms with Gasteiger partial charge in [0.05, 0.1) is 47.4 Å². The van der Waals surface area contributed by atoms with Crippen molar-refractivity contribution < 1.29 is 28.7 Å². The molecule has 0 spiro atoms. The molecule has 44 heavy (non-hydrogen) atoms. The molecule has 0 saturated heterocycles. The van der Waals surface area contributed by atoms with Gasteiger partial charge in [0.1, 0.15) is 12.3 Å². The minimum absolute atomic E-state index is 0.00783. The van der Waals surface area contributed by atoms with Crippen molar-refractivity contribution in [3.8, 4) is 5.75 Å². The Bertz CT molecular complexity index is 1830. The van der Waals surface area contributed by atoms with Crippen LogP contribution in [0.2, 0.25) is 25.1 Å². The van der Waals surface area contributed by atoms with Crippen LogP contribution < -0.4 is 4.74 Å². The van der Waals surface area contributed by atoms with E-state index in [4.69, 9.17) is 62.7 Å². The Morgan fingerprint density at radius 1 is 0.705 bits per heavy atom. The largest absolute Gasteiger partial charge is 0.423 e. The molecule has 0 N–H and O–H groups in total. The molecular weight excluding hydrogens is 674 g/mol. The van der Waals surface area contributed by atoms with E-state index in [0.29, 0.717) is 15.6 Å². The van der Waals surface area contributed by atoms with Crippen molar-refractivity contribution in [1.82, 2.24) is 10.0 Å². The molecule has 222 valence electrons. The van der Waals surface area contributed by atoms with Crippen molar-refractivity contribution in [3.63, 3.8) is 0 Å². The van der Waals surface area contributed by atoms with Crippen LogP contribution >= 0.6 is 58.0 Å². The number of hydrogen-bond acceptors (Lipinski definition) is 6. The Balaban J connectivity index is 1.46. The molecular formula is C31H17Cl5N2O6. The lowest BCUT2D eigenvalue weighted by Gasteiger charge is -2.29. The summed E-state index contributed by atoms with van der Waals surface area (Å²) >= 11 is 31.0. The van der Waals surface area contributed by atoms with Gasteiger partial charge in [-0.25, -0.2) is 9.80 Å². The average molecular weight is 691 g/mol. The van der Waals surface area contributed by atoms with Crippen LogP contribution in [0, 0.1) is 6.92 Å². The van der Waals surface area contributed by atoms with Crippen molar-refractivity contribution in [1.29, 1.82) is 0 Å². The molecule has 13 heteroatoms. The monoisotopic (exact) mass is 688 g/mol. The quantitative estimate of drug-likeness (QED) is 0.0486. The van der Waals surface area contributed by atoms with E-state index in [2.05, 4.69) is 0 Å². The number of nitrogens with zero attached hydrogens (tertiary/aromatic N) is 2. The molecule has 0 atom stereocenters. The summed E-state index contributed by atoms with van der Waals surface area (Å²) in [5.41, 5.74) is 0.557. The van der Waals surface area contributed by atoms with E-state index in [0.717, 1.165) is 5.56 Å². The number of imide groups is 1. The van der Waals surface area contributed by atoms with Gasteiger partial charge in [0.25, 0.3) is 17.7 Å². The lowest BCUT2D eigenvalue weighted by molar-refractivity contribution is 0.00532. The first-order valence-electron chi connectivity index (χ1n) is 12.6. The summed E-state index contributed by atoms with van der Waals surface area (Å²) in [5.74, 6) is -4.15. The SMILES string of the molecule is Cc1ccc(C(=O)Oc2ccc(C(=O)CN(C(=O)c3ccccc3Cl)N3C(=O)c4c(Cl)c(Cl)c(Cl)c(Cl)c4C3=O)cc2)cc1. The minimum Gasteiger partial charge on any atom is -0.423 e. The van der Waals surface area contributed by atoms with Crippen LogP contribution in [0.15, 0.2) is 72.8 Å². The molecule has 8 nitrogen and oxygen atoms in total. The minimum atomic E-state index is -1.05. The number of fused-ring (bicyclic) bond motifs is 1. The summed E-state index contributed by atoms with van der Waals surface area (Å²) < 4.78 is 5.38. The second-order valence-electron chi connectivity index (χ2n) is 9.47. The fourth-order valence-electron chi connectivity index (χ4n) is 4.36. The van der Waals surface area contributed by atoms with E-state index in [1.165, 1.54) is 42.5 Å². The fraction of sp³-hybridized carbons (Fsp3) is 0.0645. The number of hydrazine groups is 1. The highest BCUT2D eigenvalue weighted by Gasteiger charge is 2.46. The van der Waals surface area contributed by atoms with Crippen LogP contribution in [-0.4, -0.2) is 46.0 Å². The van der Waals surface area contributed by atoms with Gasteiger partial charge in [0, 0.05) is 5.56 Å². The zero-order valence-corrected chi connectivity index (χ0v) is 26.1. The van der Waals surface area contributed by atoms with Gasteiger partial charge in [0.15, 0.2) is 5.78 Å². The molecule has 3 amide bonds. The Hall–Kier alpha value is -3.92. The molecule has 1 aliphatic rings. The Morgan fingerprint density at radius 3 is 1.77 bits per heavy atom. The van der Waals surface area contributed by atoms with Crippen LogP contribution in [0.4, 0.5) is 0 Å². The molecule has 4 aromatic rings. The number of ether oxygens (including phenoxy) is 1. The number of halogens is 5. The van der Waals surface area contributed by atoms with E-state index in [1.54, 1.807) is 30.3 Å². The summed E-state index contributed by atoms with van der Waals surface area (Å²) in [7, 11) is 0. The first-order chi connectivity index (χ1) is 20.9. The normalized spacial score (nSPS) is 12.3. The van der Waals surface area contributed by atoms with Gasteiger partial charge >= 0.3 is 5.97 Å². The molecule has 0 radical (unpaired) electrons. The highest BCUT2D eigenvalue weighted by Crippen LogP contribution is 2.45. The maximum absolute atomic E-state index is 13.8. The smallest absolute Gasteiger partial charge is 0.343 e. The molecule has 1 heterocycles. The zero-order chi connectivity index (χ0) is 31.9. The summed E-state index contributed by atoms with van der Waals surface area (Å²) in [5, 5.41) is -0.0990. The Morgan fingerprint density at radius 2 is 1.23 bits per heavy atom. The van der Waals surface area contributed by atoms with E-state index in [-0.39, 0.29) is 53.1 Å². The van der Waals surface area contributed by atoms with Crippen molar-refractivity contribution in [2.24, 2.45) is 0 Å². The summed E-state index contributed by atoms with van der Waals surface area (Å²) in [6.45, 7) is 1.10. The van der Waals surface area contributed by atoms with Gasteiger partial charge in [-0.15, -0.1) is 0 Å². The number of rotatable bonds is 7. The molecule has 0 unspecified atom stereocenters. The number of Topliss-reactive ketones (excluding diaryl/α,β-unsaturated/α-hetero) is 1. The first-order valence-corrected chi connectivity index (χ1v) is 14.5. The van der Waals surface area contributed by atoms with Crippen LogP contribution in [0.5, 0.6) is 5.75 Å². The van der Waals surface area contributed by atoms with Crippen LogP contribution in [0.25, 0.3) is 0 Å². The van der Waals surface area contributed by atoms with Gasteiger partial charge in [-0.1, -0.05) is 87.8 Å². The summed E-state index contributed by atoms with van der Waals surface area (Å²) in [6, 6.07) is 18.2. The van der Waals surface area contributed by atoms with Gasteiger partial charge in [-0.3, -0.25) is 19.2 Å². The Kier molecular flexibility index (Phi) is 9.02. The molecule has 0 aliphatic carbocycles. The number of aryl methyl sites for hydroxylation is 1. The predicted molar refractivity (Wildman–Crippen MR) is 166 cm³/mol. The molecule has 4 aromatic carbocycles. The van der Waals surface area contributed by atoms with Crippen LogP contribution in [0.1, 0.15) is 57.4 Å². The lowest BCUT2D eigenvalue weighted by atomic mass is 10.1. The third kappa shape index (κ3) is 5.79. The number of esters is 1. The van der Waals surface area contributed by atoms with Crippen molar-refractivity contribution in [2.75, 3.05) is 6.54 Å². The second kappa shape index (κ2) is 12.6. The maximum atomic E-state index is 13.8. The van der Waals surface area contributed by atoms with Crippen molar-refractivity contribution in [3.05, 3.63) is 131 Å². The number of hydrogen-bond donors (Lipinski definition) is 0. The van der Waals surface area contributed by atoms with Crippen LogP contribution in [0.3, 0.4) is 0 Å². The van der Waals surface area contributed by atoms with Crippen LogP contribution in [-0.2, 0) is 0 Å². The van der Waals surface area contributed by atoms with Gasteiger partial charge in [0.2, 0.25) is 0 Å². The van der Waals surface area contributed by atoms with Crippen molar-refractivity contribution in [2.45, 2.75) is 6.92 Å². The number of carbonyl (C=O) groups excluding carboxylic acids is 5. The second-order valence-corrected chi connectivity index (χ2v) is 11.4. The first kappa shape index (κ1) is 31.5. The van der Waals surface area contributed by atoms with Gasteiger partial charge < -0.3 is 4.74 Å². The van der Waals surface area contributed by atoms with Crippen molar-refractivity contribution >= 4 is 87.5 Å². The fourth-order valence-corrected chi connectivity index (χ4v) is 5.59. The average Bonchev–Trinajstić information content (AvgIpc) is 3.27. The van der Waals surface area contributed by atoms with Gasteiger partial charge in [-0.05, 0) is 55.5 Å². The zero-order valence-electron chi connectivity index (χ0n) is 22.4. The van der Waals surface area contributed by atoms with E-state index in [1.807, 2.05) is 6.92 Å². The Labute approximate surface area is 275 Å². The predicted octanol–water partition coefficient (Wildman–Crippen LogP) is 8.02. The molecule has 0 fully saturated rings. The summed E-state index contributed by atoms with van der Waals surface area (Å²) in [4.78, 5) is 66.9. The number of amides is 3. The van der Waals surface area contributed by atoms with E-state index >= 15 is 0 Å². The van der Waals surface area contributed by atoms with E-state index in [9.17, 15) is 24.0 Å². The third-order valence-corrected chi connectivity index (χ3v) is 8.76. The van der Waals surface area contributed by atoms with Gasteiger partial charge in [-0.2, -0.15) is 5.01 Å². The number of benzene rings is 4. The highest BCUT2D eigenvalue weighted by atomic mass is 35.5. The molecule has 0 bridgehead atoms. The van der Waals surface area contributed by atoms with E-state index < -0.39 is 36.0 Å². The molecule has 5 rings (SSSR count).